The van der Waals surface area contributed by atoms with E-state index in [9.17, 15) is 9.59 Å². The molecule has 0 aliphatic carbocycles. The van der Waals surface area contributed by atoms with Crippen LogP contribution < -0.4 is 19.5 Å². The molecule has 0 saturated carbocycles. The van der Waals surface area contributed by atoms with Crippen LogP contribution >= 0.6 is 0 Å². The molecule has 1 heterocycles. The summed E-state index contributed by atoms with van der Waals surface area (Å²) in [6, 6.07) is 12.5. The molecule has 3 rings (SSSR count). The van der Waals surface area contributed by atoms with Crippen molar-refractivity contribution in [3.05, 3.63) is 48.0 Å². The number of amides is 1. The molecule has 0 spiro atoms. The van der Waals surface area contributed by atoms with Gasteiger partial charge in [-0.3, -0.25) is 4.79 Å². The topological polar surface area (TPSA) is 83.1 Å². The van der Waals surface area contributed by atoms with Gasteiger partial charge < -0.3 is 24.3 Å². The highest BCUT2D eigenvalue weighted by molar-refractivity contribution is 5.93. The Hall–Kier alpha value is -3.22. The third-order valence-electron chi connectivity index (χ3n) is 3.91. The first-order valence-electron chi connectivity index (χ1n) is 8.60. The fourth-order valence-corrected chi connectivity index (χ4v) is 2.58. The molecule has 0 aromatic heterocycles. The Morgan fingerprint density at radius 3 is 2.67 bits per heavy atom. The van der Waals surface area contributed by atoms with Gasteiger partial charge in [0.15, 0.2) is 24.7 Å². The van der Waals surface area contributed by atoms with Crippen LogP contribution in [0.1, 0.15) is 25.3 Å². The number of carbonyl (C=O) groups excluding carboxylic acids is 2. The van der Waals surface area contributed by atoms with Crippen LogP contribution in [0.3, 0.4) is 0 Å². The van der Waals surface area contributed by atoms with Crippen LogP contribution in [0, 0.1) is 0 Å². The van der Waals surface area contributed by atoms with Crippen molar-refractivity contribution in [1.29, 1.82) is 0 Å². The van der Waals surface area contributed by atoms with Crippen molar-refractivity contribution in [3.8, 4) is 17.2 Å². The van der Waals surface area contributed by atoms with Gasteiger partial charge in [0.25, 0.3) is 5.91 Å². The number of ether oxygens (including phenoxy) is 4. The van der Waals surface area contributed by atoms with Gasteiger partial charge in [0.1, 0.15) is 5.75 Å². The summed E-state index contributed by atoms with van der Waals surface area (Å²) in [6.45, 7) is 3.58. The zero-order valence-electron chi connectivity index (χ0n) is 15.2. The Morgan fingerprint density at radius 1 is 1.07 bits per heavy atom. The minimum absolute atomic E-state index is 0.157. The number of carbonyl (C=O) groups is 2. The molecular formula is C20H21NO6. The molecular weight excluding hydrogens is 350 g/mol. The number of hydrogen-bond donors (Lipinski definition) is 1. The summed E-state index contributed by atoms with van der Waals surface area (Å²) < 4.78 is 20.9. The number of benzene rings is 2. The Morgan fingerprint density at radius 2 is 1.85 bits per heavy atom. The van der Waals surface area contributed by atoms with Crippen molar-refractivity contribution in [1.82, 2.24) is 0 Å². The van der Waals surface area contributed by atoms with Crippen molar-refractivity contribution in [2.45, 2.75) is 19.8 Å². The molecule has 0 atom stereocenters. The smallest absolute Gasteiger partial charge is 0.344 e. The van der Waals surface area contributed by atoms with Crippen molar-refractivity contribution in [2.75, 3.05) is 25.3 Å². The molecule has 0 fully saturated rings. The summed E-state index contributed by atoms with van der Waals surface area (Å²) in [4.78, 5) is 23.8. The first kappa shape index (κ1) is 18.6. The molecule has 7 nitrogen and oxygen atoms in total. The number of nitrogens with one attached hydrogen (secondary N) is 1. The zero-order valence-corrected chi connectivity index (χ0v) is 15.2. The van der Waals surface area contributed by atoms with Gasteiger partial charge in [-0.05, 0) is 29.7 Å². The number of para-hydroxylation sites is 1. The van der Waals surface area contributed by atoms with Crippen molar-refractivity contribution < 1.29 is 28.5 Å². The van der Waals surface area contributed by atoms with Crippen LogP contribution in [0.25, 0.3) is 0 Å². The molecule has 1 aliphatic rings. The second-order valence-corrected chi connectivity index (χ2v) is 6.26. The number of esters is 1. The molecule has 142 valence electrons. The summed E-state index contributed by atoms with van der Waals surface area (Å²) in [7, 11) is 0. The maximum atomic E-state index is 11.9. The lowest BCUT2D eigenvalue weighted by Gasteiger charge is -2.13. The molecule has 1 aliphatic heterocycles. The fourth-order valence-electron chi connectivity index (χ4n) is 2.58. The number of rotatable bonds is 7. The van der Waals surface area contributed by atoms with Gasteiger partial charge in [-0.25, -0.2) is 4.79 Å². The van der Waals surface area contributed by atoms with Gasteiger partial charge in [0, 0.05) is 11.8 Å². The molecule has 0 bridgehead atoms. The number of hydrogen-bond acceptors (Lipinski definition) is 6. The molecule has 0 unspecified atom stereocenters. The Kier molecular flexibility index (Phi) is 5.80. The lowest BCUT2D eigenvalue weighted by Crippen LogP contribution is -2.23. The standard InChI is InChI=1S/C20H21NO6/c1-13(2)15-5-3-4-6-16(15)24-11-20(23)25-10-19(22)21-14-7-8-17-18(9-14)27-12-26-17/h3-9,13H,10-12H2,1-2H3,(H,21,22). The number of anilines is 1. The Labute approximate surface area is 157 Å². The van der Waals surface area contributed by atoms with E-state index in [2.05, 4.69) is 5.32 Å². The average molecular weight is 371 g/mol. The maximum Gasteiger partial charge on any atom is 0.344 e. The lowest BCUT2D eigenvalue weighted by atomic mass is 10.0. The predicted molar refractivity (Wildman–Crippen MR) is 98.2 cm³/mol. The van der Waals surface area contributed by atoms with Gasteiger partial charge in [-0.2, -0.15) is 0 Å². The Bertz CT molecular complexity index is 833. The van der Waals surface area contributed by atoms with E-state index < -0.39 is 18.5 Å². The summed E-state index contributed by atoms with van der Waals surface area (Å²) >= 11 is 0. The van der Waals surface area contributed by atoms with Gasteiger partial charge in [0.2, 0.25) is 6.79 Å². The molecule has 2 aromatic carbocycles. The van der Waals surface area contributed by atoms with E-state index in [0.717, 1.165) is 5.56 Å². The minimum atomic E-state index is -0.616. The normalized spacial score (nSPS) is 12.0. The third-order valence-corrected chi connectivity index (χ3v) is 3.91. The molecule has 1 N–H and O–H groups in total. The molecule has 0 radical (unpaired) electrons. The van der Waals surface area contributed by atoms with Crippen molar-refractivity contribution >= 4 is 17.6 Å². The van der Waals surface area contributed by atoms with Crippen LogP contribution in [-0.2, 0) is 14.3 Å². The van der Waals surface area contributed by atoms with Crippen LogP contribution in [-0.4, -0.2) is 31.9 Å². The predicted octanol–water partition coefficient (Wildman–Crippen LogP) is 3.10. The molecule has 2 aromatic rings. The SMILES string of the molecule is CC(C)c1ccccc1OCC(=O)OCC(=O)Nc1ccc2c(c1)OCO2. The first-order valence-corrected chi connectivity index (χ1v) is 8.60. The second-order valence-electron chi connectivity index (χ2n) is 6.26. The van der Waals surface area contributed by atoms with E-state index in [0.29, 0.717) is 22.9 Å². The van der Waals surface area contributed by atoms with Gasteiger partial charge >= 0.3 is 5.97 Å². The van der Waals surface area contributed by atoms with Crippen molar-refractivity contribution in [3.63, 3.8) is 0 Å². The first-order chi connectivity index (χ1) is 13.0. The van der Waals surface area contributed by atoms with Crippen LogP contribution in [0.2, 0.25) is 0 Å². The van der Waals surface area contributed by atoms with Crippen LogP contribution in [0.15, 0.2) is 42.5 Å². The van der Waals surface area contributed by atoms with E-state index in [1.807, 2.05) is 32.0 Å². The number of fused-ring (bicyclic) bond motifs is 1. The van der Waals surface area contributed by atoms with E-state index in [1.165, 1.54) is 0 Å². The highest BCUT2D eigenvalue weighted by Crippen LogP contribution is 2.34. The monoisotopic (exact) mass is 371 g/mol. The molecule has 7 heteroatoms. The third kappa shape index (κ3) is 4.91. The van der Waals surface area contributed by atoms with E-state index in [1.54, 1.807) is 24.3 Å². The van der Waals surface area contributed by atoms with Gasteiger partial charge in [-0.15, -0.1) is 0 Å². The Balaban J connectivity index is 1.44. The van der Waals surface area contributed by atoms with Gasteiger partial charge in [-0.1, -0.05) is 32.0 Å². The fraction of sp³-hybridized carbons (Fsp3) is 0.300. The van der Waals surface area contributed by atoms with Crippen LogP contribution in [0.4, 0.5) is 5.69 Å². The molecule has 27 heavy (non-hydrogen) atoms. The van der Waals surface area contributed by atoms with Gasteiger partial charge in [0.05, 0.1) is 0 Å². The molecule has 1 amide bonds. The molecule has 0 saturated heterocycles. The lowest BCUT2D eigenvalue weighted by molar-refractivity contribution is -0.149. The summed E-state index contributed by atoms with van der Waals surface area (Å²) in [6.07, 6.45) is 0. The summed E-state index contributed by atoms with van der Waals surface area (Å²) in [5.74, 6) is 1.01. The largest absolute Gasteiger partial charge is 0.482 e. The van der Waals surface area contributed by atoms with Crippen LogP contribution in [0.5, 0.6) is 17.2 Å². The highest BCUT2D eigenvalue weighted by Gasteiger charge is 2.15. The highest BCUT2D eigenvalue weighted by atomic mass is 16.7. The second kappa shape index (κ2) is 8.44. The summed E-state index contributed by atoms with van der Waals surface area (Å²) in [5, 5.41) is 2.63. The zero-order chi connectivity index (χ0) is 19.2. The minimum Gasteiger partial charge on any atom is -0.482 e. The van der Waals surface area contributed by atoms with Crippen molar-refractivity contribution in [2.24, 2.45) is 0 Å². The van der Waals surface area contributed by atoms with E-state index in [-0.39, 0.29) is 19.3 Å². The maximum absolute atomic E-state index is 11.9. The van der Waals surface area contributed by atoms with E-state index in [4.69, 9.17) is 18.9 Å². The van der Waals surface area contributed by atoms with E-state index >= 15 is 0 Å². The quantitative estimate of drug-likeness (QED) is 0.753. The average Bonchev–Trinajstić information content (AvgIpc) is 3.12. The summed E-state index contributed by atoms with van der Waals surface area (Å²) in [5.41, 5.74) is 1.54.